The molecule has 0 radical (unpaired) electrons. The van der Waals surface area contributed by atoms with Crippen molar-refractivity contribution in [3.05, 3.63) is 59.3 Å². The van der Waals surface area contributed by atoms with E-state index in [-0.39, 0.29) is 12.3 Å². The number of amides is 1. The molecule has 6 nitrogen and oxygen atoms in total. The number of hydrogen-bond acceptors (Lipinski definition) is 5. The summed E-state index contributed by atoms with van der Waals surface area (Å²) >= 11 is 5.84. The van der Waals surface area contributed by atoms with E-state index in [1.165, 1.54) is 0 Å². The van der Waals surface area contributed by atoms with E-state index < -0.39 is 0 Å². The lowest BCUT2D eigenvalue weighted by Gasteiger charge is -2.01. The predicted molar refractivity (Wildman–Crippen MR) is 83.6 cm³/mol. The van der Waals surface area contributed by atoms with Gasteiger partial charge in [0.1, 0.15) is 5.76 Å². The van der Waals surface area contributed by atoms with Crippen LogP contribution >= 0.6 is 11.6 Å². The maximum atomic E-state index is 11.8. The zero-order valence-corrected chi connectivity index (χ0v) is 12.9. The Morgan fingerprint density at radius 3 is 2.74 bits per heavy atom. The van der Waals surface area contributed by atoms with Crippen LogP contribution in [0.1, 0.15) is 18.1 Å². The summed E-state index contributed by atoms with van der Waals surface area (Å²) in [6, 6.07) is 10.7. The molecule has 2 aromatic heterocycles. The van der Waals surface area contributed by atoms with Crippen LogP contribution in [0.5, 0.6) is 0 Å². The number of carbonyl (C=O) groups excluding carboxylic acids is 1. The normalized spacial score (nSPS) is 10.7. The first-order chi connectivity index (χ1) is 11.2. The first-order valence-electron chi connectivity index (χ1n) is 7.08. The molecule has 0 saturated carbocycles. The lowest BCUT2D eigenvalue weighted by Crippen LogP contribution is -2.22. The number of hydrogen-bond donors (Lipinski definition) is 1. The number of nitrogens with zero attached hydrogens (tertiary/aromatic N) is 2. The quantitative estimate of drug-likeness (QED) is 0.750. The maximum Gasteiger partial charge on any atom is 0.247 e. The van der Waals surface area contributed by atoms with Gasteiger partial charge >= 0.3 is 0 Å². The van der Waals surface area contributed by atoms with Gasteiger partial charge in [0.05, 0.1) is 12.8 Å². The second kappa shape index (κ2) is 7.11. The van der Waals surface area contributed by atoms with Crippen LogP contribution in [0.2, 0.25) is 5.02 Å². The molecule has 1 N–H and O–H groups in total. The number of aryl methyl sites for hydroxylation is 1. The van der Waals surface area contributed by atoms with E-state index in [2.05, 4.69) is 15.5 Å². The van der Waals surface area contributed by atoms with Crippen LogP contribution in [0.4, 0.5) is 0 Å². The van der Waals surface area contributed by atoms with Crippen molar-refractivity contribution in [1.82, 2.24) is 15.5 Å². The highest BCUT2D eigenvalue weighted by Gasteiger charge is 2.10. The Morgan fingerprint density at radius 2 is 2.00 bits per heavy atom. The molecule has 3 rings (SSSR count). The minimum atomic E-state index is -0.104. The Balaban J connectivity index is 1.50. The van der Waals surface area contributed by atoms with Crippen molar-refractivity contribution in [2.75, 3.05) is 0 Å². The average Bonchev–Trinajstić information content (AvgIpc) is 3.23. The van der Waals surface area contributed by atoms with Gasteiger partial charge in [0, 0.05) is 23.4 Å². The Morgan fingerprint density at radius 1 is 1.17 bits per heavy atom. The van der Waals surface area contributed by atoms with Crippen molar-refractivity contribution in [2.45, 2.75) is 19.4 Å². The topological polar surface area (TPSA) is 81.2 Å². The van der Waals surface area contributed by atoms with Gasteiger partial charge in [-0.2, -0.15) is 0 Å². The molecule has 0 unspecified atom stereocenters. The van der Waals surface area contributed by atoms with E-state index in [9.17, 15) is 4.79 Å². The molecule has 1 aromatic carbocycles. The Labute approximate surface area is 137 Å². The van der Waals surface area contributed by atoms with Gasteiger partial charge in [0.25, 0.3) is 0 Å². The van der Waals surface area contributed by atoms with Crippen molar-refractivity contribution in [1.29, 1.82) is 0 Å². The zero-order chi connectivity index (χ0) is 16.1. The summed E-state index contributed by atoms with van der Waals surface area (Å²) in [5, 5.41) is 11.3. The predicted octanol–water partition coefficient (Wildman–Crippen LogP) is 3.23. The van der Waals surface area contributed by atoms with E-state index in [0.29, 0.717) is 35.5 Å². The minimum absolute atomic E-state index is 0.104. The summed E-state index contributed by atoms with van der Waals surface area (Å²) in [6.45, 7) is 0.367. The molecule has 0 bridgehead atoms. The lowest BCUT2D eigenvalue weighted by molar-refractivity contribution is -0.121. The van der Waals surface area contributed by atoms with Gasteiger partial charge in [-0.05, 0) is 36.4 Å². The van der Waals surface area contributed by atoms with E-state index in [0.717, 1.165) is 5.56 Å². The highest BCUT2D eigenvalue weighted by molar-refractivity contribution is 6.30. The van der Waals surface area contributed by atoms with Crippen molar-refractivity contribution in [3.63, 3.8) is 0 Å². The van der Waals surface area contributed by atoms with Crippen molar-refractivity contribution in [3.8, 4) is 11.5 Å². The number of furan rings is 1. The van der Waals surface area contributed by atoms with Gasteiger partial charge in [-0.15, -0.1) is 10.2 Å². The molecular weight excluding hydrogens is 318 g/mol. The first kappa shape index (κ1) is 15.3. The lowest BCUT2D eigenvalue weighted by atomic mass is 10.2. The summed E-state index contributed by atoms with van der Waals surface area (Å²) in [4.78, 5) is 11.8. The third kappa shape index (κ3) is 4.20. The molecule has 0 atom stereocenters. The number of rotatable bonds is 6. The van der Waals surface area contributed by atoms with Gasteiger partial charge in [0.15, 0.2) is 0 Å². The van der Waals surface area contributed by atoms with Crippen LogP contribution in [0.25, 0.3) is 11.5 Å². The molecule has 0 saturated heterocycles. The third-order valence-corrected chi connectivity index (χ3v) is 3.42. The summed E-state index contributed by atoms with van der Waals surface area (Å²) in [5.41, 5.74) is 0.787. The fraction of sp³-hybridized carbons (Fsp3) is 0.188. The molecule has 0 aliphatic heterocycles. The molecule has 3 aromatic rings. The highest BCUT2D eigenvalue weighted by atomic mass is 35.5. The summed E-state index contributed by atoms with van der Waals surface area (Å²) < 4.78 is 10.7. The van der Waals surface area contributed by atoms with Crippen molar-refractivity contribution < 1.29 is 13.6 Å². The molecule has 7 heteroatoms. The summed E-state index contributed by atoms with van der Waals surface area (Å²) in [7, 11) is 0. The van der Waals surface area contributed by atoms with Gasteiger partial charge in [0.2, 0.25) is 17.7 Å². The Bertz CT molecular complexity index is 766. The van der Waals surface area contributed by atoms with Gasteiger partial charge in [-0.3, -0.25) is 4.79 Å². The number of aromatic nitrogens is 2. The van der Waals surface area contributed by atoms with E-state index >= 15 is 0 Å². The second-order valence-corrected chi connectivity index (χ2v) is 5.30. The van der Waals surface area contributed by atoms with Crippen LogP contribution in [0, 0.1) is 0 Å². The summed E-state index contributed by atoms with van der Waals surface area (Å²) in [5.74, 6) is 1.43. The molecule has 0 aliphatic rings. The van der Waals surface area contributed by atoms with Crippen LogP contribution in [-0.4, -0.2) is 16.1 Å². The standard InChI is InChI=1S/C16H14ClN3O3/c17-12-5-3-11(4-6-12)16-20-19-15(23-16)8-7-14(21)18-10-13-2-1-9-22-13/h1-6,9H,7-8,10H2,(H,18,21). The maximum absolute atomic E-state index is 11.8. The van der Waals surface area contributed by atoms with E-state index in [1.54, 1.807) is 42.7 Å². The SMILES string of the molecule is O=C(CCc1nnc(-c2ccc(Cl)cc2)o1)NCc1ccco1. The fourth-order valence-electron chi connectivity index (χ4n) is 1.97. The average molecular weight is 332 g/mol. The number of halogens is 1. The molecule has 118 valence electrons. The van der Waals surface area contributed by atoms with Gasteiger partial charge in [-0.25, -0.2) is 0 Å². The Kier molecular flexibility index (Phi) is 4.73. The van der Waals surface area contributed by atoms with E-state index in [4.69, 9.17) is 20.4 Å². The van der Waals surface area contributed by atoms with Gasteiger partial charge in [-0.1, -0.05) is 11.6 Å². The van der Waals surface area contributed by atoms with Gasteiger partial charge < -0.3 is 14.2 Å². The third-order valence-electron chi connectivity index (χ3n) is 3.16. The molecule has 0 fully saturated rings. The highest BCUT2D eigenvalue weighted by Crippen LogP contribution is 2.20. The molecule has 0 spiro atoms. The van der Waals surface area contributed by atoms with Crippen molar-refractivity contribution >= 4 is 17.5 Å². The van der Waals surface area contributed by atoms with Crippen LogP contribution in [0.3, 0.4) is 0 Å². The first-order valence-corrected chi connectivity index (χ1v) is 7.46. The zero-order valence-electron chi connectivity index (χ0n) is 12.2. The second-order valence-electron chi connectivity index (χ2n) is 4.86. The largest absolute Gasteiger partial charge is 0.467 e. The molecule has 2 heterocycles. The molecule has 1 amide bonds. The fourth-order valence-corrected chi connectivity index (χ4v) is 2.10. The summed E-state index contributed by atoms with van der Waals surface area (Å²) in [6.07, 6.45) is 2.21. The monoisotopic (exact) mass is 331 g/mol. The number of nitrogens with one attached hydrogen (secondary N) is 1. The minimum Gasteiger partial charge on any atom is -0.467 e. The molecule has 23 heavy (non-hydrogen) atoms. The van der Waals surface area contributed by atoms with Crippen molar-refractivity contribution in [2.24, 2.45) is 0 Å². The van der Waals surface area contributed by atoms with Crippen LogP contribution in [0.15, 0.2) is 51.5 Å². The van der Waals surface area contributed by atoms with Crippen LogP contribution < -0.4 is 5.32 Å². The number of carbonyl (C=O) groups is 1. The smallest absolute Gasteiger partial charge is 0.247 e. The number of benzene rings is 1. The van der Waals surface area contributed by atoms with Crippen LogP contribution in [-0.2, 0) is 17.8 Å². The van der Waals surface area contributed by atoms with E-state index in [1.807, 2.05) is 0 Å². The molecular formula is C16H14ClN3O3. The molecule has 0 aliphatic carbocycles. The Hall–Kier alpha value is -2.60.